The van der Waals surface area contributed by atoms with Crippen molar-refractivity contribution in [3.63, 3.8) is 0 Å². The molecule has 1 aromatic rings. The third-order valence-corrected chi connectivity index (χ3v) is 2.21. The van der Waals surface area contributed by atoms with Crippen LogP contribution < -0.4 is 10.6 Å². The highest BCUT2D eigenvalue weighted by Crippen LogP contribution is 1.99. The van der Waals surface area contributed by atoms with E-state index in [4.69, 9.17) is 14.6 Å². The molecule has 0 aliphatic carbocycles. The Morgan fingerprint density at radius 3 is 2.78 bits per heavy atom. The van der Waals surface area contributed by atoms with Crippen molar-refractivity contribution in [2.45, 2.75) is 19.1 Å². The second-order valence-electron chi connectivity index (χ2n) is 3.75. The molecule has 2 unspecified atom stereocenters. The van der Waals surface area contributed by atoms with Gasteiger partial charge in [0.25, 0.3) is 5.91 Å². The number of carbonyl (C=O) groups is 2. The Morgan fingerprint density at radius 2 is 2.22 bits per heavy atom. The third kappa shape index (κ3) is 4.19. The van der Waals surface area contributed by atoms with Crippen molar-refractivity contribution in [2.75, 3.05) is 13.2 Å². The monoisotopic (exact) mass is 256 g/mol. The first kappa shape index (κ1) is 14.2. The Bertz CT molecular complexity index is 390. The lowest BCUT2D eigenvalue weighted by Gasteiger charge is -2.14. The van der Waals surface area contributed by atoms with Crippen LogP contribution in [0.1, 0.15) is 17.5 Å². The number of rotatable bonds is 6. The van der Waals surface area contributed by atoms with Crippen molar-refractivity contribution in [1.82, 2.24) is 10.6 Å². The predicted molar refractivity (Wildman–Crippen MR) is 61.7 cm³/mol. The van der Waals surface area contributed by atoms with Crippen LogP contribution in [0.2, 0.25) is 0 Å². The van der Waals surface area contributed by atoms with E-state index in [1.54, 1.807) is 6.07 Å². The van der Waals surface area contributed by atoms with Gasteiger partial charge in [-0.3, -0.25) is 9.59 Å². The van der Waals surface area contributed by atoms with E-state index < -0.39 is 30.6 Å². The summed E-state index contributed by atoms with van der Waals surface area (Å²) in [7, 11) is 0. The fourth-order valence-electron chi connectivity index (χ4n) is 1.18. The molecule has 1 heterocycles. The van der Waals surface area contributed by atoms with Crippen molar-refractivity contribution < 1.29 is 24.2 Å². The maximum atomic E-state index is 11.5. The lowest BCUT2D eigenvalue weighted by molar-refractivity contribution is -0.123. The number of aliphatic hydroxyl groups excluding tert-OH is 2. The Balaban J connectivity index is 2.38. The molecule has 0 aliphatic rings. The van der Waals surface area contributed by atoms with E-state index in [0.717, 1.165) is 0 Å². The van der Waals surface area contributed by atoms with Gasteiger partial charge in [0.1, 0.15) is 6.04 Å². The molecule has 0 aliphatic heterocycles. The second kappa shape index (κ2) is 6.77. The normalized spacial score (nSPS) is 13.7. The second-order valence-corrected chi connectivity index (χ2v) is 3.75. The Morgan fingerprint density at radius 1 is 1.50 bits per heavy atom. The Hall–Kier alpha value is -1.86. The molecule has 1 rings (SSSR count). The van der Waals surface area contributed by atoms with Crippen LogP contribution >= 0.6 is 0 Å². The first-order valence-electron chi connectivity index (χ1n) is 5.45. The third-order valence-electron chi connectivity index (χ3n) is 2.21. The van der Waals surface area contributed by atoms with Crippen LogP contribution in [0.3, 0.4) is 0 Å². The zero-order valence-corrected chi connectivity index (χ0v) is 9.92. The summed E-state index contributed by atoms with van der Waals surface area (Å²) in [5.41, 5.74) is 0. The van der Waals surface area contributed by atoms with Gasteiger partial charge in [0.05, 0.1) is 19.0 Å². The first-order chi connectivity index (χ1) is 8.54. The van der Waals surface area contributed by atoms with Crippen molar-refractivity contribution in [3.8, 4) is 0 Å². The van der Waals surface area contributed by atoms with E-state index in [-0.39, 0.29) is 12.3 Å². The van der Waals surface area contributed by atoms with Crippen LogP contribution in [0.4, 0.5) is 0 Å². The molecule has 2 amide bonds. The number of amides is 2. The molecular formula is C11H16N2O5. The Kier molecular flexibility index (Phi) is 5.34. The van der Waals surface area contributed by atoms with Gasteiger partial charge in [0, 0.05) is 6.54 Å². The number of hydrogen-bond donors (Lipinski definition) is 4. The van der Waals surface area contributed by atoms with Gasteiger partial charge in [-0.25, -0.2) is 0 Å². The van der Waals surface area contributed by atoms with Crippen molar-refractivity contribution in [1.29, 1.82) is 0 Å². The summed E-state index contributed by atoms with van der Waals surface area (Å²) in [6.07, 6.45) is 0.346. The molecule has 0 saturated carbocycles. The molecule has 7 heteroatoms. The fourth-order valence-corrected chi connectivity index (χ4v) is 1.18. The molecule has 7 nitrogen and oxygen atoms in total. The largest absolute Gasteiger partial charge is 0.459 e. The summed E-state index contributed by atoms with van der Waals surface area (Å²) in [6.45, 7) is 0.991. The first-order valence-corrected chi connectivity index (χ1v) is 5.45. The maximum absolute atomic E-state index is 11.5. The molecule has 0 fully saturated rings. The zero-order valence-electron chi connectivity index (χ0n) is 9.92. The van der Waals surface area contributed by atoms with Gasteiger partial charge in [-0.2, -0.15) is 0 Å². The molecule has 0 aromatic carbocycles. The molecule has 100 valence electrons. The van der Waals surface area contributed by atoms with Crippen molar-refractivity contribution >= 4 is 11.8 Å². The summed E-state index contributed by atoms with van der Waals surface area (Å²) in [4.78, 5) is 23.1. The number of hydrogen-bond acceptors (Lipinski definition) is 5. The molecule has 0 bridgehead atoms. The van der Waals surface area contributed by atoms with Crippen LogP contribution in [0.25, 0.3) is 0 Å². The van der Waals surface area contributed by atoms with Crippen LogP contribution in [0, 0.1) is 0 Å². The highest BCUT2D eigenvalue weighted by molar-refractivity contribution is 5.95. The van der Waals surface area contributed by atoms with Gasteiger partial charge in [0.15, 0.2) is 5.76 Å². The average Bonchev–Trinajstić information content (AvgIpc) is 2.89. The molecule has 0 spiro atoms. The van der Waals surface area contributed by atoms with Crippen molar-refractivity contribution in [3.05, 3.63) is 24.2 Å². The number of furan rings is 1. The van der Waals surface area contributed by atoms with E-state index in [9.17, 15) is 9.59 Å². The van der Waals surface area contributed by atoms with E-state index in [1.807, 2.05) is 0 Å². The minimum absolute atomic E-state index is 0.0731. The fraction of sp³-hybridized carbons (Fsp3) is 0.455. The van der Waals surface area contributed by atoms with E-state index in [0.29, 0.717) is 0 Å². The lowest BCUT2D eigenvalue weighted by Crippen LogP contribution is -2.46. The standard InChI is InChI=1S/C11H16N2O5/c1-7(10(16)12-5-8(15)6-14)13-11(17)9-3-2-4-18-9/h2-4,7-8,14-15H,5-6H2,1H3,(H,12,16)(H,13,17). The summed E-state index contributed by atoms with van der Waals surface area (Å²) < 4.78 is 4.87. The Labute approximate surface area is 104 Å². The van der Waals surface area contributed by atoms with Crippen LogP contribution in [0.15, 0.2) is 22.8 Å². The zero-order chi connectivity index (χ0) is 13.5. The van der Waals surface area contributed by atoms with Gasteiger partial charge >= 0.3 is 0 Å². The quantitative estimate of drug-likeness (QED) is 0.514. The molecule has 18 heavy (non-hydrogen) atoms. The van der Waals surface area contributed by atoms with Crippen molar-refractivity contribution in [2.24, 2.45) is 0 Å². The van der Waals surface area contributed by atoms with Gasteiger partial charge in [-0.1, -0.05) is 0 Å². The van der Waals surface area contributed by atoms with E-state index >= 15 is 0 Å². The number of nitrogens with one attached hydrogen (secondary N) is 2. The van der Waals surface area contributed by atoms with Gasteiger partial charge in [-0.05, 0) is 19.1 Å². The number of carbonyl (C=O) groups excluding carboxylic acids is 2. The number of aliphatic hydroxyl groups is 2. The van der Waals surface area contributed by atoms with Gasteiger partial charge in [0.2, 0.25) is 5.91 Å². The maximum Gasteiger partial charge on any atom is 0.287 e. The SMILES string of the molecule is CC(NC(=O)c1ccco1)C(=O)NCC(O)CO. The summed E-state index contributed by atoms with van der Waals surface area (Å²) in [6, 6.07) is 2.28. The minimum atomic E-state index is -1.01. The van der Waals surface area contributed by atoms with E-state index in [1.165, 1.54) is 19.3 Å². The molecular weight excluding hydrogens is 240 g/mol. The molecule has 0 saturated heterocycles. The topological polar surface area (TPSA) is 112 Å². The smallest absolute Gasteiger partial charge is 0.287 e. The van der Waals surface area contributed by atoms with Crippen LogP contribution in [0.5, 0.6) is 0 Å². The minimum Gasteiger partial charge on any atom is -0.459 e. The molecule has 0 radical (unpaired) electrons. The molecule has 2 atom stereocenters. The van der Waals surface area contributed by atoms with Crippen LogP contribution in [-0.2, 0) is 4.79 Å². The van der Waals surface area contributed by atoms with Gasteiger partial charge < -0.3 is 25.3 Å². The molecule has 1 aromatic heterocycles. The summed E-state index contributed by atoms with van der Waals surface area (Å²) in [5.74, 6) is -0.835. The van der Waals surface area contributed by atoms with E-state index in [2.05, 4.69) is 10.6 Å². The molecule has 4 N–H and O–H groups in total. The summed E-state index contributed by atoms with van der Waals surface area (Å²) in [5, 5.41) is 22.5. The highest BCUT2D eigenvalue weighted by atomic mass is 16.3. The average molecular weight is 256 g/mol. The predicted octanol–water partition coefficient (Wildman–Crippen LogP) is -1.13. The van der Waals surface area contributed by atoms with Crippen LogP contribution in [-0.4, -0.2) is 47.3 Å². The highest BCUT2D eigenvalue weighted by Gasteiger charge is 2.18. The summed E-state index contributed by atoms with van der Waals surface area (Å²) >= 11 is 0. The van der Waals surface area contributed by atoms with Gasteiger partial charge in [-0.15, -0.1) is 0 Å². The lowest BCUT2D eigenvalue weighted by atomic mass is 10.2.